The minimum Gasteiger partial charge on any atom is -0.338 e. The van der Waals surface area contributed by atoms with Crippen molar-refractivity contribution in [3.05, 3.63) is 83.2 Å². The number of benzene rings is 1. The highest BCUT2D eigenvalue weighted by molar-refractivity contribution is 6.31. The van der Waals surface area contributed by atoms with Crippen molar-refractivity contribution in [1.82, 2.24) is 24.8 Å². The second-order valence-electron chi connectivity index (χ2n) is 6.11. The molecule has 0 fully saturated rings. The first kappa shape index (κ1) is 18.9. The van der Waals surface area contributed by atoms with Crippen LogP contribution in [0.4, 0.5) is 4.79 Å². The molecule has 0 saturated heterocycles. The number of carbonyl (C=O) groups is 1. The van der Waals surface area contributed by atoms with E-state index in [4.69, 9.17) is 11.6 Å². The molecule has 2 aromatic heterocycles. The molecule has 2 heterocycles. The van der Waals surface area contributed by atoms with Crippen molar-refractivity contribution in [3.63, 3.8) is 0 Å². The van der Waals surface area contributed by atoms with Gasteiger partial charge in [0.15, 0.2) is 0 Å². The van der Waals surface area contributed by atoms with Crippen LogP contribution in [0.25, 0.3) is 0 Å². The van der Waals surface area contributed by atoms with E-state index in [-0.39, 0.29) is 6.03 Å². The van der Waals surface area contributed by atoms with Gasteiger partial charge in [0, 0.05) is 42.9 Å². The normalized spacial score (nSPS) is 10.6. The second kappa shape index (κ2) is 9.19. The summed E-state index contributed by atoms with van der Waals surface area (Å²) in [6.07, 6.45) is 7.10. The third-order valence-electron chi connectivity index (χ3n) is 4.17. The van der Waals surface area contributed by atoms with Gasteiger partial charge in [0.05, 0.1) is 13.1 Å². The molecule has 7 heteroatoms. The molecule has 0 saturated carbocycles. The molecule has 140 valence electrons. The number of rotatable bonds is 7. The Morgan fingerprint density at radius 1 is 1.15 bits per heavy atom. The van der Waals surface area contributed by atoms with Gasteiger partial charge in [0.1, 0.15) is 5.82 Å². The molecule has 0 aliphatic rings. The summed E-state index contributed by atoms with van der Waals surface area (Å²) in [5, 5.41) is 3.59. The lowest BCUT2D eigenvalue weighted by molar-refractivity contribution is 0.190. The van der Waals surface area contributed by atoms with E-state index in [1.165, 1.54) is 0 Å². The summed E-state index contributed by atoms with van der Waals surface area (Å²) in [5.74, 6) is 0.801. The smallest absolute Gasteiger partial charge is 0.318 e. The zero-order valence-electron chi connectivity index (χ0n) is 15.2. The van der Waals surface area contributed by atoms with Crippen molar-refractivity contribution >= 4 is 17.6 Å². The van der Waals surface area contributed by atoms with Crippen LogP contribution in [0.3, 0.4) is 0 Å². The van der Waals surface area contributed by atoms with E-state index in [1.807, 2.05) is 54.1 Å². The minimum atomic E-state index is -0.124. The monoisotopic (exact) mass is 383 g/mol. The van der Waals surface area contributed by atoms with Crippen molar-refractivity contribution in [2.75, 3.05) is 6.54 Å². The van der Waals surface area contributed by atoms with Crippen LogP contribution in [0.2, 0.25) is 5.02 Å². The lowest BCUT2D eigenvalue weighted by Crippen LogP contribution is -2.39. The fourth-order valence-corrected chi connectivity index (χ4v) is 2.98. The number of nitrogens with one attached hydrogen (secondary N) is 1. The standard InChI is InChI=1S/C20H22ClN5O/c1-2-23-20(27)26(13-16-7-9-22-10-8-16)15-19-24-11-12-25(19)14-17-5-3-4-6-18(17)21/h3-12H,2,13-15H2,1H3,(H,23,27). The van der Waals surface area contributed by atoms with E-state index < -0.39 is 0 Å². The van der Waals surface area contributed by atoms with Crippen LogP contribution in [-0.4, -0.2) is 32.0 Å². The molecule has 0 bridgehead atoms. The highest BCUT2D eigenvalue weighted by atomic mass is 35.5. The first-order valence-corrected chi connectivity index (χ1v) is 9.20. The van der Waals surface area contributed by atoms with Crippen LogP contribution in [0.5, 0.6) is 0 Å². The van der Waals surface area contributed by atoms with Gasteiger partial charge in [-0.3, -0.25) is 4.98 Å². The zero-order chi connectivity index (χ0) is 19.1. The lowest BCUT2D eigenvalue weighted by atomic mass is 10.2. The molecule has 1 N–H and O–H groups in total. The van der Waals surface area contributed by atoms with Crippen LogP contribution in [0.15, 0.2) is 61.2 Å². The number of hydrogen-bond donors (Lipinski definition) is 1. The summed E-state index contributed by atoms with van der Waals surface area (Å²) >= 11 is 6.28. The Kier molecular flexibility index (Phi) is 6.44. The number of urea groups is 1. The molecule has 0 aliphatic carbocycles. The first-order valence-electron chi connectivity index (χ1n) is 8.82. The van der Waals surface area contributed by atoms with Crippen LogP contribution < -0.4 is 5.32 Å². The lowest BCUT2D eigenvalue weighted by Gasteiger charge is -2.23. The predicted octanol–water partition coefficient (Wildman–Crippen LogP) is 3.71. The molecule has 0 unspecified atom stereocenters. The Hall–Kier alpha value is -2.86. The average Bonchev–Trinajstić information content (AvgIpc) is 3.11. The largest absolute Gasteiger partial charge is 0.338 e. The van der Waals surface area contributed by atoms with Gasteiger partial charge in [-0.15, -0.1) is 0 Å². The molecule has 27 heavy (non-hydrogen) atoms. The number of carbonyl (C=O) groups excluding carboxylic acids is 1. The zero-order valence-corrected chi connectivity index (χ0v) is 15.9. The van der Waals surface area contributed by atoms with E-state index in [9.17, 15) is 4.79 Å². The molecule has 2 amide bonds. The molecule has 3 rings (SSSR count). The van der Waals surface area contributed by atoms with Crippen LogP contribution in [0, 0.1) is 0 Å². The fourth-order valence-electron chi connectivity index (χ4n) is 2.79. The van der Waals surface area contributed by atoms with E-state index in [1.54, 1.807) is 23.5 Å². The highest BCUT2D eigenvalue weighted by Crippen LogP contribution is 2.17. The third kappa shape index (κ3) is 5.08. The number of pyridine rings is 1. The Labute approximate surface area is 163 Å². The highest BCUT2D eigenvalue weighted by Gasteiger charge is 2.17. The van der Waals surface area contributed by atoms with E-state index in [0.29, 0.717) is 26.2 Å². The quantitative estimate of drug-likeness (QED) is 0.676. The van der Waals surface area contributed by atoms with Gasteiger partial charge >= 0.3 is 6.03 Å². The Morgan fingerprint density at radius 2 is 1.93 bits per heavy atom. The fraction of sp³-hybridized carbons (Fsp3) is 0.250. The molecule has 0 aliphatic heterocycles. The summed E-state index contributed by atoms with van der Waals surface area (Å²) in [4.78, 5) is 22.8. The molecule has 3 aromatic rings. The molecular formula is C20H22ClN5O. The predicted molar refractivity (Wildman–Crippen MR) is 105 cm³/mol. The molecule has 0 radical (unpaired) electrons. The number of hydrogen-bond acceptors (Lipinski definition) is 3. The second-order valence-corrected chi connectivity index (χ2v) is 6.52. The number of imidazole rings is 1. The van der Waals surface area contributed by atoms with Gasteiger partial charge < -0.3 is 14.8 Å². The van der Waals surface area contributed by atoms with Crippen LogP contribution in [0.1, 0.15) is 23.9 Å². The summed E-state index contributed by atoms with van der Waals surface area (Å²) in [6, 6.07) is 11.4. The molecule has 0 atom stereocenters. The van der Waals surface area contributed by atoms with Gasteiger partial charge in [-0.25, -0.2) is 9.78 Å². The van der Waals surface area contributed by atoms with Crippen LogP contribution >= 0.6 is 11.6 Å². The van der Waals surface area contributed by atoms with E-state index in [2.05, 4.69) is 15.3 Å². The number of aromatic nitrogens is 3. The SMILES string of the molecule is CCNC(=O)N(Cc1ccncc1)Cc1nccn1Cc1ccccc1Cl. The van der Waals surface area contributed by atoms with Gasteiger partial charge in [0.2, 0.25) is 0 Å². The maximum absolute atomic E-state index is 12.5. The van der Waals surface area contributed by atoms with Gasteiger partial charge in [-0.05, 0) is 36.2 Å². The summed E-state index contributed by atoms with van der Waals surface area (Å²) in [5.41, 5.74) is 2.03. The number of nitrogens with zero attached hydrogens (tertiary/aromatic N) is 4. The van der Waals surface area contributed by atoms with Crippen molar-refractivity contribution in [1.29, 1.82) is 0 Å². The van der Waals surface area contributed by atoms with E-state index in [0.717, 1.165) is 22.0 Å². The third-order valence-corrected chi connectivity index (χ3v) is 4.54. The van der Waals surface area contributed by atoms with Gasteiger partial charge in [0.25, 0.3) is 0 Å². The summed E-state index contributed by atoms with van der Waals surface area (Å²) in [6.45, 7) is 3.95. The van der Waals surface area contributed by atoms with E-state index >= 15 is 0 Å². The van der Waals surface area contributed by atoms with Crippen molar-refractivity contribution in [2.45, 2.75) is 26.6 Å². The van der Waals surface area contributed by atoms with Gasteiger partial charge in [-0.2, -0.15) is 0 Å². The molecule has 1 aromatic carbocycles. The summed E-state index contributed by atoms with van der Waals surface area (Å²) < 4.78 is 2.01. The Bertz CT molecular complexity index is 881. The average molecular weight is 384 g/mol. The number of halogens is 1. The van der Waals surface area contributed by atoms with Crippen molar-refractivity contribution in [3.8, 4) is 0 Å². The maximum Gasteiger partial charge on any atom is 0.318 e. The number of amides is 2. The van der Waals surface area contributed by atoms with Gasteiger partial charge in [-0.1, -0.05) is 29.8 Å². The Balaban J connectivity index is 1.79. The Morgan fingerprint density at radius 3 is 2.67 bits per heavy atom. The topological polar surface area (TPSA) is 63.1 Å². The molecule has 6 nitrogen and oxygen atoms in total. The first-order chi connectivity index (χ1) is 13.2. The van der Waals surface area contributed by atoms with Crippen molar-refractivity contribution in [2.24, 2.45) is 0 Å². The summed E-state index contributed by atoms with van der Waals surface area (Å²) in [7, 11) is 0. The maximum atomic E-state index is 12.5. The molecule has 0 spiro atoms. The molecular weight excluding hydrogens is 362 g/mol. The van der Waals surface area contributed by atoms with Crippen LogP contribution in [-0.2, 0) is 19.6 Å². The van der Waals surface area contributed by atoms with Crippen molar-refractivity contribution < 1.29 is 4.79 Å². The minimum absolute atomic E-state index is 0.124.